The number of carboxylic acids is 1. The Bertz CT molecular complexity index is 782. The molecule has 6 heteroatoms. The van der Waals surface area contributed by atoms with Gasteiger partial charge >= 0.3 is 12.1 Å². The summed E-state index contributed by atoms with van der Waals surface area (Å²) in [5.41, 5.74) is 0.737. The molecule has 0 spiro atoms. The van der Waals surface area contributed by atoms with E-state index in [2.05, 4.69) is 6.92 Å². The van der Waals surface area contributed by atoms with E-state index < -0.39 is 12.1 Å². The number of carbonyl (C=O) groups is 2. The zero-order valence-corrected chi connectivity index (χ0v) is 16.0. The summed E-state index contributed by atoms with van der Waals surface area (Å²) in [6, 6.07) is 11.2. The predicted octanol–water partition coefficient (Wildman–Crippen LogP) is 5.85. The van der Waals surface area contributed by atoms with E-state index in [-0.39, 0.29) is 16.9 Å². The van der Waals surface area contributed by atoms with Gasteiger partial charge in [0.15, 0.2) is 0 Å². The Hall–Kier alpha value is -3.02. The number of benzene rings is 2. The van der Waals surface area contributed by atoms with Crippen molar-refractivity contribution in [1.82, 2.24) is 0 Å². The van der Waals surface area contributed by atoms with Crippen LogP contribution in [0.25, 0.3) is 11.1 Å². The van der Waals surface area contributed by atoms with Gasteiger partial charge in [0, 0.05) is 5.56 Å². The second-order valence-corrected chi connectivity index (χ2v) is 6.49. The molecular weight excluding hydrogens is 360 g/mol. The Labute approximate surface area is 164 Å². The van der Waals surface area contributed by atoms with Crippen LogP contribution in [0.2, 0.25) is 0 Å². The summed E-state index contributed by atoms with van der Waals surface area (Å²) in [5.74, 6) is -0.492. The molecule has 0 bridgehead atoms. The van der Waals surface area contributed by atoms with Gasteiger partial charge in [-0.05, 0) is 36.2 Å². The number of hydrogen-bond donors (Lipinski definition) is 2. The smallest absolute Gasteiger partial charge is 0.494 e. The van der Waals surface area contributed by atoms with Crippen LogP contribution in [0, 0.1) is 0 Å². The van der Waals surface area contributed by atoms with Crippen molar-refractivity contribution in [2.45, 2.75) is 45.4 Å². The van der Waals surface area contributed by atoms with Crippen molar-refractivity contribution in [3.05, 3.63) is 48.0 Å². The number of aromatic carboxylic acids is 1. The average molecular weight is 386 g/mol. The van der Waals surface area contributed by atoms with Crippen LogP contribution < -0.4 is 9.47 Å². The fourth-order valence-electron chi connectivity index (χ4n) is 2.98. The van der Waals surface area contributed by atoms with Gasteiger partial charge in [-0.1, -0.05) is 57.2 Å². The molecule has 0 heterocycles. The molecule has 28 heavy (non-hydrogen) atoms. The van der Waals surface area contributed by atoms with Gasteiger partial charge in [-0.25, -0.2) is 9.59 Å². The summed E-state index contributed by atoms with van der Waals surface area (Å²) in [5, 5.41) is 18.3. The van der Waals surface area contributed by atoms with Crippen LogP contribution in [0.5, 0.6) is 11.5 Å². The third kappa shape index (κ3) is 6.30. The van der Waals surface area contributed by atoms with Crippen LogP contribution in [0.4, 0.5) is 4.79 Å². The normalized spacial score (nSPS) is 10.5. The maximum absolute atomic E-state index is 11.5. The van der Waals surface area contributed by atoms with E-state index in [9.17, 15) is 14.7 Å². The summed E-state index contributed by atoms with van der Waals surface area (Å²) in [7, 11) is 0. The Balaban J connectivity index is 2.06. The lowest BCUT2D eigenvalue weighted by molar-refractivity contribution is 0.0696. The highest BCUT2D eigenvalue weighted by molar-refractivity contribution is 5.98. The molecule has 0 saturated heterocycles. The van der Waals surface area contributed by atoms with Gasteiger partial charge in [-0.2, -0.15) is 0 Å². The van der Waals surface area contributed by atoms with E-state index in [0.717, 1.165) is 12.8 Å². The molecule has 0 fully saturated rings. The molecule has 0 aromatic heterocycles. The van der Waals surface area contributed by atoms with E-state index >= 15 is 0 Å². The molecule has 0 aliphatic rings. The number of rotatable bonds is 11. The van der Waals surface area contributed by atoms with Crippen LogP contribution in [0.3, 0.4) is 0 Å². The zero-order valence-electron chi connectivity index (χ0n) is 16.0. The van der Waals surface area contributed by atoms with Crippen LogP contribution in [-0.2, 0) is 0 Å². The van der Waals surface area contributed by atoms with Crippen molar-refractivity contribution in [2.24, 2.45) is 0 Å². The molecule has 150 valence electrons. The molecule has 0 radical (unpaired) electrons. The summed E-state index contributed by atoms with van der Waals surface area (Å²) < 4.78 is 10.5. The van der Waals surface area contributed by atoms with Crippen molar-refractivity contribution >= 4 is 12.1 Å². The molecule has 2 aromatic carbocycles. The van der Waals surface area contributed by atoms with Crippen LogP contribution in [0.1, 0.15) is 55.8 Å². The van der Waals surface area contributed by atoms with Gasteiger partial charge in [-0.3, -0.25) is 0 Å². The van der Waals surface area contributed by atoms with Crippen molar-refractivity contribution in [2.75, 3.05) is 6.61 Å². The first-order chi connectivity index (χ1) is 13.5. The Morgan fingerprint density at radius 1 is 0.893 bits per heavy atom. The topological polar surface area (TPSA) is 93.1 Å². The molecule has 2 rings (SSSR count). The van der Waals surface area contributed by atoms with E-state index in [4.69, 9.17) is 14.6 Å². The molecule has 0 unspecified atom stereocenters. The minimum absolute atomic E-state index is 0.0202. The number of hydrogen-bond acceptors (Lipinski definition) is 4. The predicted molar refractivity (Wildman–Crippen MR) is 106 cm³/mol. The first-order valence-corrected chi connectivity index (χ1v) is 9.53. The fourth-order valence-corrected chi connectivity index (χ4v) is 2.98. The minimum Gasteiger partial charge on any atom is -0.494 e. The Morgan fingerprint density at radius 2 is 1.57 bits per heavy atom. The molecule has 0 aliphatic carbocycles. The first kappa shape index (κ1) is 21.3. The molecule has 2 aromatic rings. The highest BCUT2D eigenvalue weighted by Crippen LogP contribution is 2.34. The molecular formula is C22H26O6. The van der Waals surface area contributed by atoms with Crippen molar-refractivity contribution in [1.29, 1.82) is 0 Å². The first-order valence-electron chi connectivity index (χ1n) is 9.53. The van der Waals surface area contributed by atoms with E-state index in [0.29, 0.717) is 17.9 Å². The second kappa shape index (κ2) is 11.0. The van der Waals surface area contributed by atoms with Gasteiger partial charge in [0.25, 0.3) is 0 Å². The van der Waals surface area contributed by atoms with Gasteiger partial charge in [0.05, 0.1) is 12.2 Å². The maximum Gasteiger partial charge on any atom is 0.511 e. The minimum atomic E-state index is -1.50. The molecule has 0 amide bonds. The van der Waals surface area contributed by atoms with Crippen molar-refractivity contribution < 1.29 is 29.3 Å². The highest BCUT2D eigenvalue weighted by Gasteiger charge is 2.18. The van der Waals surface area contributed by atoms with Crippen LogP contribution in [0.15, 0.2) is 42.5 Å². The largest absolute Gasteiger partial charge is 0.511 e. The molecule has 0 atom stereocenters. The van der Waals surface area contributed by atoms with Gasteiger partial charge in [0.2, 0.25) is 0 Å². The quantitative estimate of drug-likeness (QED) is 0.286. The lowest BCUT2D eigenvalue weighted by Gasteiger charge is -2.12. The highest BCUT2D eigenvalue weighted by atomic mass is 16.7. The lowest BCUT2D eigenvalue weighted by Crippen LogP contribution is -2.07. The third-order valence-corrected chi connectivity index (χ3v) is 4.36. The van der Waals surface area contributed by atoms with Crippen molar-refractivity contribution in [3.63, 3.8) is 0 Å². The van der Waals surface area contributed by atoms with E-state index in [1.54, 1.807) is 24.3 Å². The Kier molecular flexibility index (Phi) is 8.34. The van der Waals surface area contributed by atoms with Gasteiger partial charge in [-0.15, -0.1) is 0 Å². The van der Waals surface area contributed by atoms with Crippen LogP contribution in [-0.4, -0.2) is 28.9 Å². The second-order valence-electron chi connectivity index (χ2n) is 6.49. The summed E-state index contributed by atoms with van der Waals surface area (Å²) in [6.45, 7) is 2.82. The lowest BCUT2D eigenvalue weighted by atomic mass is 9.98. The van der Waals surface area contributed by atoms with Gasteiger partial charge in [0.1, 0.15) is 11.5 Å². The molecule has 6 nitrogen and oxygen atoms in total. The zero-order chi connectivity index (χ0) is 20.4. The number of carboxylic acid groups (broad SMARTS) is 2. The maximum atomic E-state index is 11.5. The van der Waals surface area contributed by atoms with Crippen LogP contribution >= 0.6 is 0 Å². The van der Waals surface area contributed by atoms with Gasteiger partial charge < -0.3 is 19.7 Å². The SMILES string of the molecule is CCCCCCCCOc1ccc(-c2c(OC(=O)O)cccc2C(=O)O)cc1. The summed E-state index contributed by atoms with van der Waals surface area (Å²) in [4.78, 5) is 22.5. The monoisotopic (exact) mass is 386 g/mol. The molecule has 2 N–H and O–H groups in total. The van der Waals surface area contributed by atoms with Crippen molar-refractivity contribution in [3.8, 4) is 22.6 Å². The summed E-state index contributed by atoms with van der Waals surface area (Å²) in [6.07, 6.45) is 5.61. The van der Waals surface area contributed by atoms with E-state index in [1.807, 2.05) is 0 Å². The molecule has 0 saturated carbocycles. The third-order valence-electron chi connectivity index (χ3n) is 4.36. The number of unbranched alkanes of at least 4 members (excludes halogenated alkanes) is 5. The Morgan fingerprint density at radius 3 is 2.21 bits per heavy atom. The average Bonchev–Trinajstić information content (AvgIpc) is 2.67. The number of ether oxygens (including phenoxy) is 2. The molecule has 0 aliphatic heterocycles. The van der Waals surface area contributed by atoms with E-state index in [1.165, 1.54) is 43.9 Å². The summed E-state index contributed by atoms with van der Waals surface area (Å²) >= 11 is 0. The standard InChI is InChI=1S/C22H26O6/c1-2-3-4-5-6-7-15-27-17-13-11-16(12-14-17)20-18(21(23)24)9-8-10-19(20)28-22(25)26/h8-14H,2-7,15H2,1H3,(H,23,24)(H,25,26). The fraction of sp³-hybridized carbons (Fsp3) is 0.364.